The van der Waals surface area contributed by atoms with Crippen LogP contribution < -0.4 is 0 Å². The van der Waals surface area contributed by atoms with E-state index in [1.165, 1.54) is 165 Å². The molecule has 0 saturated heterocycles. The summed E-state index contributed by atoms with van der Waals surface area (Å²) in [7, 11) is 0. The van der Waals surface area contributed by atoms with Crippen molar-refractivity contribution in [2.75, 3.05) is 0 Å². The Bertz CT molecular complexity index is 4470. The number of fused-ring (bicyclic) bond motifs is 11. The zero-order chi connectivity index (χ0) is 48.1. The van der Waals surface area contributed by atoms with Crippen molar-refractivity contribution in [1.29, 1.82) is 0 Å². The van der Waals surface area contributed by atoms with E-state index in [4.69, 9.17) is 0 Å². The van der Waals surface area contributed by atoms with Gasteiger partial charge >= 0.3 is 0 Å². The van der Waals surface area contributed by atoms with Crippen molar-refractivity contribution >= 4 is 64.6 Å². The quantitative estimate of drug-likeness (QED) is 0.119. The Balaban J connectivity index is 1.05. The average molecular weight is 923 g/mol. The highest BCUT2D eigenvalue weighted by Gasteiger charge is 2.47. The molecule has 0 bridgehead atoms. The number of rotatable bonds is 5. The van der Waals surface area contributed by atoms with Crippen molar-refractivity contribution < 1.29 is 0 Å². The molecule has 0 heteroatoms. The summed E-state index contributed by atoms with van der Waals surface area (Å²) in [5.74, 6) is 0. The van der Waals surface area contributed by atoms with Crippen molar-refractivity contribution in [2.45, 2.75) is 19.3 Å². The van der Waals surface area contributed by atoms with E-state index in [0.717, 1.165) is 0 Å². The Morgan fingerprint density at radius 1 is 0.233 bits per heavy atom. The minimum Gasteiger partial charge on any atom is -0.0622 e. The second-order valence-corrected chi connectivity index (χ2v) is 20.6. The van der Waals surface area contributed by atoms with E-state index in [1.807, 2.05) is 0 Å². The number of aryl methyl sites for hydroxylation is 2. The maximum atomic E-state index is 2.63. The first-order valence-electron chi connectivity index (χ1n) is 25.7. The summed E-state index contributed by atoms with van der Waals surface area (Å²) in [5.41, 5.74) is 22.8. The maximum Gasteiger partial charge on any atom is 0.0714 e. The van der Waals surface area contributed by atoms with Crippen LogP contribution in [-0.4, -0.2) is 0 Å². The van der Waals surface area contributed by atoms with Crippen LogP contribution in [0.25, 0.3) is 131 Å². The molecular formula is C73H46. The molecule has 73 heavy (non-hydrogen) atoms. The van der Waals surface area contributed by atoms with Crippen molar-refractivity contribution in [3.63, 3.8) is 0 Å². The van der Waals surface area contributed by atoms with Crippen molar-refractivity contribution in [2.24, 2.45) is 0 Å². The first kappa shape index (κ1) is 40.6. The van der Waals surface area contributed by atoms with E-state index in [1.54, 1.807) is 0 Å². The fourth-order valence-electron chi connectivity index (χ4n) is 14.2. The summed E-state index contributed by atoms with van der Waals surface area (Å²) in [4.78, 5) is 0. The average Bonchev–Trinajstić information content (AvgIpc) is 3.96. The molecule has 0 atom stereocenters. The lowest BCUT2D eigenvalue weighted by Gasteiger charge is -2.34. The second kappa shape index (κ2) is 15.0. The molecule has 0 aromatic heterocycles. The molecule has 0 saturated carbocycles. The number of hydrogen-bond acceptors (Lipinski definition) is 0. The summed E-state index contributed by atoms with van der Waals surface area (Å²) in [6, 6.07) is 91.9. The standard InChI is InChI=1S/C73H46/c1-43-37-56-53-33-20-34-55-69(53)62(42-64-70(55)54-36-35-48(45-21-8-3-9-22-45)39-63(54)73(64,49-27-14-6-15-28-49)50-29-16-7-17-30-50)57-38-44(2)66-59-41-61-60(40-58(59)65(43)72(66)71(56)57)67(46-23-10-4-11-24-46)51-31-18-19-32-52(51)68(61)47-25-12-5-13-26-47/h3-42H,1-2H3. The summed E-state index contributed by atoms with van der Waals surface area (Å²) in [5, 5.41) is 15.8. The lowest BCUT2D eigenvalue weighted by atomic mass is 9.67. The SMILES string of the molecule is Cc1cc2c3cccc4c5c(cc(c6cc(C)c7c(c1-c1cc8c(-c9ccccc9)c9ccccc9c(-c9ccccc9)c8cc1-7)c26)c43)C(c1ccccc1)(c1ccccc1)c1cc(-c2ccccc2)ccc1-5. The van der Waals surface area contributed by atoms with Crippen LogP contribution in [0.1, 0.15) is 33.4 Å². The molecule has 0 amide bonds. The van der Waals surface area contributed by atoms with Gasteiger partial charge in [-0.25, -0.2) is 0 Å². The van der Waals surface area contributed by atoms with Crippen LogP contribution in [0, 0.1) is 13.8 Å². The Hall–Kier alpha value is -9.10. The highest BCUT2D eigenvalue weighted by molar-refractivity contribution is 6.39. The minimum atomic E-state index is -0.577. The first-order valence-corrected chi connectivity index (χ1v) is 25.7. The molecular weight excluding hydrogens is 877 g/mol. The Morgan fingerprint density at radius 2 is 0.685 bits per heavy atom. The van der Waals surface area contributed by atoms with Gasteiger partial charge in [0, 0.05) is 0 Å². The Morgan fingerprint density at radius 3 is 1.23 bits per heavy atom. The third-order valence-corrected chi connectivity index (χ3v) is 17.0. The van der Waals surface area contributed by atoms with E-state index >= 15 is 0 Å². The molecule has 0 fully saturated rings. The van der Waals surface area contributed by atoms with Gasteiger partial charge in [0.05, 0.1) is 5.41 Å². The third-order valence-electron chi connectivity index (χ3n) is 17.0. The van der Waals surface area contributed by atoms with Crippen molar-refractivity contribution in [3.05, 3.63) is 276 Å². The maximum absolute atomic E-state index is 2.63. The van der Waals surface area contributed by atoms with Crippen LogP contribution in [0.2, 0.25) is 0 Å². The van der Waals surface area contributed by atoms with Crippen LogP contribution >= 0.6 is 0 Å². The molecule has 0 radical (unpaired) electrons. The highest BCUT2D eigenvalue weighted by Crippen LogP contribution is 2.62. The van der Waals surface area contributed by atoms with E-state index in [9.17, 15) is 0 Å². The summed E-state index contributed by atoms with van der Waals surface area (Å²) in [6.45, 7) is 4.73. The topological polar surface area (TPSA) is 0 Å². The summed E-state index contributed by atoms with van der Waals surface area (Å²) in [6.07, 6.45) is 0. The molecule has 0 unspecified atom stereocenters. The first-order chi connectivity index (χ1) is 36.1. The molecule has 2 aliphatic carbocycles. The van der Waals surface area contributed by atoms with Crippen LogP contribution in [-0.2, 0) is 5.41 Å². The van der Waals surface area contributed by atoms with Gasteiger partial charge in [0.25, 0.3) is 0 Å². The second-order valence-electron chi connectivity index (χ2n) is 20.6. The molecule has 2 aliphatic rings. The predicted molar refractivity (Wildman–Crippen MR) is 310 cm³/mol. The Kier molecular flexibility index (Phi) is 8.33. The van der Waals surface area contributed by atoms with E-state index in [2.05, 4.69) is 257 Å². The molecule has 338 valence electrons. The lowest BCUT2D eigenvalue weighted by molar-refractivity contribution is 0.770. The van der Waals surface area contributed by atoms with Gasteiger partial charge in [0.1, 0.15) is 0 Å². The van der Waals surface area contributed by atoms with Gasteiger partial charge in [0.2, 0.25) is 0 Å². The predicted octanol–water partition coefficient (Wildman–Crippen LogP) is 19.7. The van der Waals surface area contributed by atoms with Crippen molar-refractivity contribution in [1.82, 2.24) is 0 Å². The lowest BCUT2D eigenvalue weighted by Crippen LogP contribution is -2.28. The normalized spacial score (nSPS) is 13.2. The van der Waals surface area contributed by atoms with Crippen LogP contribution in [0.15, 0.2) is 243 Å². The summed E-state index contributed by atoms with van der Waals surface area (Å²) < 4.78 is 0. The molecule has 0 N–H and O–H groups in total. The van der Waals surface area contributed by atoms with Gasteiger partial charge < -0.3 is 0 Å². The largest absolute Gasteiger partial charge is 0.0714 e. The molecule has 14 aromatic carbocycles. The van der Waals surface area contributed by atoms with Gasteiger partial charge in [0.15, 0.2) is 0 Å². The molecule has 0 nitrogen and oxygen atoms in total. The van der Waals surface area contributed by atoms with Gasteiger partial charge in [-0.2, -0.15) is 0 Å². The number of benzene rings is 14. The fourth-order valence-corrected chi connectivity index (χ4v) is 14.2. The molecule has 0 heterocycles. The fraction of sp³-hybridized carbons (Fsp3) is 0.0411. The Labute approximate surface area is 424 Å². The molecule has 0 aliphatic heterocycles. The molecule has 16 rings (SSSR count). The van der Waals surface area contributed by atoms with E-state index in [0.29, 0.717) is 0 Å². The van der Waals surface area contributed by atoms with Gasteiger partial charge in [-0.05, 0) is 203 Å². The van der Waals surface area contributed by atoms with Gasteiger partial charge in [-0.1, -0.05) is 218 Å². The monoisotopic (exact) mass is 922 g/mol. The van der Waals surface area contributed by atoms with Crippen LogP contribution in [0.3, 0.4) is 0 Å². The minimum absolute atomic E-state index is 0.577. The molecule has 14 aromatic rings. The van der Waals surface area contributed by atoms with Gasteiger partial charge in [-0.3, -0.25) is 0 Å². The zero-order valence-electron chi connectivity index (χ0n) is 40.6. The van der Waals surface area contributed by atoms with Gasteiger partial charge in [-0.15, -0.1) is 0 Å². The van der Waals surface area contributed by atoms with Crippen LogP contribution in [0.4, 0.5) is 0 Å². The zero-order valence-corrected chi connectivity index (χ0v) is 40.6. The third kappa shape index (κ3) is 5.35. The molecule has 0 spiro atoms. The number of hydrogen-bond donors (Lipinski definition) is 0. The smallest absolute Gasteiger partial charge is 0.0622 e. The summed E-state index contributed by atoms with van der Waals surface area (Å²) >= 11 is 0. The van der Waals surface area contributed by atoms with Crippen LogP contribution in [0.5, 0.6) is 0 Å². The van der Waals surface area contributed by atoms with E-state index in [-0.39, 0.29) is 0 Å². The van der Waals surface area contributed by atoms with Crippen molar-refractivity contribution in [3.8, 4) is 66.8 Å². The highest BCUT2D eigenvalue weighted by atomic mass is 14.5. The van der Waals surface area contributed by atoms with E-state index < -0.39 is 5.41 Å².